The van der Waals surface area contributed by atoms with Crippen molar-refractivity contribution in [2.45, 2.75) is 0 Å². The predicted molar refractivity (Wildman–Crippen MR) is 39.2 cm³/mol. The highest BCUT2D eigenvalue weighted by Gasteiger charge is 1.97. The van der Waals surface area contributed by atoms with Crippen LogP contribution in [0.2, 0.25) is 5.15 Å². The Labute approximate surface area is 63.9 Å². The fourth-order valence-electron chi connectivity index (χ4n) is 0.460. The van der Waals surface area contributed by atoms with Gasteiger partial charge in [0.2, 0.25) is 5.95 Å². The summed E-state index contributed by atoms with van der Waals surface area (Å²) >= 11 is 5.46. The maximum absolute atomic E-state index is 5.46. The second-order valence-corrected chi connectivity index (χ2v) is 2.36. The first-order valence-electron chi connectivity index (χ1n) is 2.72. The van der Waals surface area contributed by atoms with Crippen molar-refractivity contribution < 1.29 is 0 Å². The highest BCUT2D eigenvalue weighted by molar-refractivity contribution is 6.29. The fraction of sp³-hybridized carbons (Fsp3) is 0.400. The van der Waals surface area contributed by atoms with Gasteiger partial charge >= 0.3 is 0 Å². The summed E-state index contributed by atoms with van der Waals surface area (Å²) in [5, 5.41) is 7.63. The van der Waals surface area contributed by atoms with Gasteiger partial charge < -0.3 is 4.90 Å². The zero-order chi connectivity index (χ0) is 7.56. The largest absolute Gasteiger partial charge is 0.346 e. The Balaban J connectivity index is 2.89. The summed E-state index contributed by atoms with van der Waals surface area (Å²) in [4.78, 5) is 5.65. The molecule has 0 saturated carbocycles. The van der Waals surface area contributed by atoms with Gasteiger partial charge in [-0.2, -0.15) is 0 Å². The molecule has 0 aromatic carbocycles. The van der Waals surface area contributed by atoms with Gasteiger partial charge in [-0.1, -0.05) is 11.6 Å². The van der Waals surface area contributed by atoms with E-state index in [4.69, 9.17) is 11.6 Å². The Kier molecular flexibility index (Phi) is 2.01. The summed E-state index contributed by atoms with van der Waals surface area (Å²) in [5.74, 6) is 0.560. The highest BCUT2D eigenvalue weighted by Crippen LogP contribution is 2.02. The molecule has 0 aliphatic rings. The molecule has 0 spiro atoms. The van der Waals surface area contributed by atoms with Gasteiger partial charge in [0.25, 0.3) is 0 Å². The Hall–Kier alpha value is -0.900. The van der Waals surface area contributed by atoms with Crippen LogP contribution in [0.5, 0.6) is 0 Å². The van der Waals surface area contributed by atoms with Crippen molar-refractivity contribution in [1.29, 1.82) is 0 Å². The number of halogens is 1. The monoisotopic (exact) mass is 158 g/mol. The summed E-state index contributed by atoms with van der Waals surface area (Å²) in [6, 6.07) is 0. The molecule has 0 atom stereocenters. The van der Waals surface area contributed by atoms with E-state index in [9.17, 15) is 0 Å². The molecule has 0 N–H and O–H groups in total. The number of rotatable bonds is 1. The average Bonchev–Trinajstić information content (AvgIpc) is 1.88. The van der Waals surface area contributed by atoms with Crippen LogP contribution in [0.25, 0.3) is 0 Å². The fourth-order valence-corrected chi connectivity index (χ4v) is 0.547. The summed E-state index contributed by atoms with van der Waals surface area (Å²) < 4.78 is 0. The predicted octanol–water partition coefficient (Wildman–Crippen LogP) is 0.591. The van der Waals surface area contributed by atoms with Crippen LogP contribution in [0, 0.1) is 0 Å². The molecule has 0 fully saturated rings. The lowest BCUT2D eigenvalue weighted by Crippen LogP contribution is -2.12. The molecular weight excluding hydrogens is 152 g/mol. The number of hydrogen-bond acceptors (Lipinski definition) is 4. The molecule has 0 radical (unpaired) electrons. The van der Waals surface area contributed by atoms with Gasteiger partial charge in [-0.25, -0.2) is 4.98 Å². The lowest BCUT2D eigenvalue weighted by molar-refractivity contribution is 0.907. The van der Waals surface area contributed by atoms with Gasteiger partial charge in [-0.3, -0.25) is 0 Å². The Bertz CT molecular complexity index is 207. The van der Waals surface area contributed by atoms with Gasteiger partial charge in [-0.15, -0.1) is 10.2 Å². The second kappa shape index (κ2) is 2.79. The average molecular weight is 159 g/mol. The van der Waals surface area contributed by atoms with Gasteiger partial charge in [0, 0.05) is 14.1 Å². The Morgan fingerprint density at radius 3 is 2.50 bits per heavy atom. The summed E-state index contributed by atoms with van der Waals surface area (Å²) in [7, 11) is 3.68. The molecule has 0 bridgehead atoms. The van der Waals surface area contributed by atoms with Crippen LogP contribution in [-0.4, -0.2) is 29.3 Å². The minimum Gasteiger partial charge on any atom is -0.346 e. The van der Waals surface area contributed by atoms with Gasteiger partial charge in [0.15, 0.2) is 5.15 Å². The van der Waals surface area contributed by atoms with Crippen molar-refractivity contribution in [2.75, 3.05) is 19.0 Å². The molecule has 1 heterocycles. The van der Waals surface area contributed by atoms with E-state index in [0.29, 0.717) is 11.1 Å². The smallest absolute Gasteiger partial charge is 0.244 e. The van der Waals surface area contributed by atoms with Crippen molar-refractivity contribution >= 4 is 17.5 Å². The maximum atomic E-state index is 5.46. The molecule has 0 unspecified atom stereocenters. The second-order valence-electron chi connectivity index (χ2n) is 1.98. The third-order valence-electron chi connectivity index (χ3n) is 0.922. The van der Waals surface area contributed by atoms with E-state index in [0.717, 1.165) is 0 Å². The molecule has 4 nitrogen and oxygen atoms in total. The standard InChI is InChI=1S/C5H7ClN4/c1-10(2)5-7-3-4(6)8-9-5/h3H,1-2H3. The topological polar surface area (TPSA) is 41.9 Å². The van der Waals surface area contributed by atoms with E-state index in [1.165, 1.54) is 6.20 Å². The van der Waals surface area contributed by atoms with Crippen molar-refractivity contribution in [3.63, 3.8) is 0 Å². The molecule has 5 heteroatoms. The van der Waals surface area contributed by atoms with Crippen LogP contribution in [0.4, 0.5) is 5.95 Å². The number of hydrogen-bond donors (Lipinski definition) is 0. The molecule has 1 aromatic rings. The van der Waals surface area contributed by atoms with Gasteiger partial charge in [0.1, 0.15) is 0 Å². The summed E-state index contributed by atoms with van der Waals surface area (Å²) in [6.45, 7) is 0. The zero-order valence-corrected chi connectivity index (χ0v) is 6.50. The summed E-state index contributed by atoms with van der Waals surface area (Å²) in [5.41, 5.74) is 0. The van der Waals surface area contributed by atoms with E-state index in [1.54, 1.807) is 4.90 Å². The quantitative estimate of drug-likeness (QED) is 0.600. The van der Waals surface area contributed by atoms with Crippen molar-refractivity contribution in [1.82, 2.24) is 15.2 Å². The molecule has 1 aromatic heterocycles. The first kappa shape index (κ1) is 7.21. The molecular formula is C5H7ClN4. The first-order chi connectivity index (χ1) is 4.70. The van der Waals surface area contributed by atoms with Crippen LogP contribution in [0.1, 0.15) is 0 Å². The van der Waals surface area contributed by atoms with Crippen LogP contribution >= 0.6 is 11.6 Å². The first-order valence-corrected chi connectivity index (χ1v) is 3.10. The van der Waals surface area contributed by atoms with Crippen LogP contribution in [0.3, 0.4) is 0 Å². The lowest BCUT2D eigenvalue weighted by atomic mass is 10.8. The summed E-state index contributed by atoms with van der Waals surface area (Å²) in [6.07, 6.45) is 1.46. The SMILES string of the molecule is CN(C)c1ncc(Cl)nn1. The Morgan fingerprint density at radius 1 is 1.40 bits per heavy atom. The number of anilines is 1. The normalized spacial score (nSPS) is 9.50. The molecule has 0 aliphatic carbocycles. The minimum absolute atomic E-state index is 0.311. The molecule has 0 aliphatic heterocycles. The van der Waals surface area contributed by atoms with Crippen molar-refractivity contribution in [3.05, 3.63) is 11.3 Å². The van der Waals surface area contributed by atoms with Crippen LogP contribution in [0.15, 0.2) is 6.20 Å². The van der Waals surface area contributed by atoms with E-state index in [1.807, 2.05) is 14.1 Å². The van der Waals surface area contributed by atoms with Crippen molar-refractivity contribution in [2.24, 2.45) is 0 Å². The highest BCUT2D eigenvalue weighted by atomic mass is 35.5. The molecule has 10 heavy (non-hydrogen) atoms. The van der Waals surface area contributed by atoms with E-state index in [-0.39, 0.29) is 0 Å². The van der Waals surface area contributed by atoms with E-state index < -0.39 is 0 Å². The van der Waals surface area contributed by atoms with Crippen LogP contribution in [-0.2, 0) is 0 Å². The third-order valence-corrected chi connectivity index (χ3v) is 1.09. The lowest BCUT2D eigenvalue weighted by Gasteiger charge is -2.06. The molecule has 0 amide bonds. The van der Waals surface area contributed by atoms with E-state index >= 15 is 0 Å². The maximum Gasteiger partial charge on any atom is 0.244 e. The number of nitrogens with zero attached hydrogens (tertiary/aromatic N) is 4. The van der Waals surface area contributed by atoms with E-state index in [2.05, 4.69) is 15.2 Å². The minimum atomic E-state index is 0.311. The number of aromatic nitrogens is 3. The molecule has 1 rings (SSSR count). The molecule has 54 valence electrons. The third kappa shape index (κ3) is 1.54. The zero-order valence-electron chi connectivity index (χ0n) is 5.74. The van der Waals surface area contributed by atoms with Crippen LogP contribution < -0.4 is 4.90 Å². The van der Waals surface area contributed by atoms with Crippen molar-refractivity contribution in [3.8, 4) is 0 Å². The van der Waals surface area contributed by atoms with Gasteiger partial charge in [0.05, 0.1) is 6.20 Å². The molecule has 0 saturated heterocycles. The van der Waals surface area contributed by atoms with Gasteiger partial charge in [-0.05, 0) is 0 Å². The Morgan fingerprint density at radius 2 is 2.10 bits per heavy atom.